The van der Waals surface area contributed by atoms with Crippen LogP contribution < -0.4 is 15.4 Å². The average molecular weight is 424 g/mol. The number of carbonyl (C=O) groups is 1. The SMILES string of the molecule is CNCc1cc(OCCNC(=O)OC(C)(C)C)cc(-c2ccc(C(F)(F)F)cc2)c1. The molecule has 0 saturated carbocycles. The highest BCUT2D eigenvalue weighted by Gasteiger charge is 2.30. The summed E-state index contributed by atoms with van der Waals surface area (Å²) in [6, 6.07) is 10.5. The number of halogens is 3. The largest absolute Gasteiger partial charge is 0.492 e. The molecule has 0 aromatic heterocycles. The first-order valence-electron chi connectivity index (χ1n) is 9.54. The molecule has 30 heavy (non-hydrogen) atoms. The molecule has 0 heterocycles. The maximum Gasteiger partial charge on any atom is 0.416 e. The standard InChI is InChI=1S/C22H27F3N2O3/c1-21(2,3)30-20(28)27-9-10-29-19-12-15(14-26-4)11-17(13-19)16-5-7-18(8-6-16)22(23,24)25/h5-8,11-13,26H,9-10,14H2,1-4H3,(H,27,28). The lowest BCUT2D eigenvalue weighted by molar-refractivity contribution is -0.137. The summed E-state index contributed by atoms with van der Waals surface area (Å²) in [4.78, 5) is 11.7. The van der Waals surface area contributed by atoms with Gasteiger partial charge in [0.1, 0.15) is 18.0 Å². The van der Waals surface area contributed by atoms with Crippen LogP contribution in [0, 0.1) is 0 Å². The van der Waals surface area contributed by atoms with Crippen molar-refractivity contribution in [2.75, 3.05) is 20.2 Å². The van der Waals surface area contributed by atoms with Crippen LogP contribution in [0.3, 0.4) is 0 Å². The summed E-state index contributed by atoms with van der Waals surface area (Å²) in [6.07, 6.45) is -4.90. The van der Waals surface area contributed by atoms with E-state index in [2.05, 4.69) is 10.6 Å². The maximum absolute atomic E-state index is 12.8. The van der Waals surface area contributed by atoms with E-state index in [0.29, 0.717) is 17.9 Å². The Morgan fingerprint density at radius 1 is 1.00 bits per heavy atom. The number of nitrogens with one attached hydrogen (secondary N) is 2. The summed E-state index contributed by atoms with van der Waals surface area (Å²) < 4.78 is 49.3. The molecule has 2 aromatic rings. The zero-order valence-corrected chi connectivity index (χ0v) is 17.5. The van der Waals surface area contributed by atoms with E-state index in [9.17, 15) is 18.0 Å². The second-order valence-electron chi connectivity index (χ2n) is 7.75. The van der Waals surface area contributed by atoms with Crippen LogP contribution >= 0.6 is 0 Å². The molecule has 0 atom stereocenters. The molecule has 0 aliphatic heterocycles. The normalized spacial score (nSPS) is 11.8. The average Bonchev–Trinajstić information content (AvgIpc) is 2.63. The molecule has 1 amide bonds. The van der Waals surface area contributed by atoms with E-state index in [-0.39, 0.29) is 13.2 Å². The molecule has 0 spiro atoms. The van der Waals surface area contributed by atoms with E-state index < -0.39 is 23.4 Å². The predicted molar refractivity (Wildman–Crippen MR) is 109 cm³/mol. The number of alkyl carbamates (subject to hydrolysis) is 1. The molecule has 8 heteroatoms. The van der Waals surface area contributed by atoms with Crippen LogP contribution in [-0.2, 0) is 17.5 Å². The number of carbonyl (C=O) groups excluding carboxylic acids is 1. The van der Waals surface area contributed by atoms with E-state index in [1.165, 1.54) is 12.1 Å². The van der Waals surface area contributed by atoms with Gasteiger partial charge in [0.05, 0.1) is 12.1 Å². The molecule has 0 radical (unpaired) electrons. The maximum atomic E-state index is 12.8. The molecule has 2 rings (SSSR count). The minimum atomic E-state index is -4.37. The number of rotatable bonds is 7. The quantitative estimate of drug-likeness (QED) is 0.615. The van der Waals surface area contributed by atoms with Crippen molar-refractivity contribution in [2.24, 2.45) is 0 Å². The van der Waals surface area contributed by atoms with Crippen LogP contribution in [0.2, 0.25) is 0 Å². The Hall–Kier alpha value is -2.74. The van der Waals surface area contributed by atoms with Gasteiger partial charge in [0.2, 0.25) is 0 Å². The molecular weight excluding hydrogens is 397 g/mol. The van der Waals surface area contributed by atoms with Crippen LogP contribution in [0.25, 0.3) is 11.1 Å². The molecule has 2 aromatic carbocycles. The van der Waals surface area contributed by atoms with Crippen molar-refractivity contribution >= 4 is 6.09 Å². The summed E-state index contributed by atoms with van der Waals surface area (Å²) in [7, 11) is 1.80. The number of benzene rings is 2. The first kappa shape index (κ1) is 23.5. The third-order valence-corrected chi connectivity index (χ3v) is 3.93. The van der Waals surface area contributed by atoms with E-state index in [4.69, 9.17) is 9.47 Å². The number of alkyl halides is 3. The Kier molecular flexibility index (Phi) is 7.72. The Balaban J connectivity index is 2.08. The van der Waals surface area contributed by atoms with Gasteiger partial charge in [0.25, 0.3) is 0 Å². The van der Waals surface area contributed by atoms with Crippen LogP contribution in [0.4, 0.5) is 18.0 Å². The smallest absolute Gasteiger partial charge is 0.416 e. The Labute approximate surface area is 174 Å². The highest BCUT2D eigenvalue weighted by atomic mass is 19.4. The van der Waals surface area contributed by atoms with Gasteiger partial charge in [-0.3, -0.25) is 0 Å². The lowest BCUT2D eigenvalue weighted by atomic mass is 10.0. The molecule has 0 aliphatic rings. The van der Waals surface area contributed by atoms with Gasteiger partial charge in [-0.1, -0.05) is 12.1 Å². The summed E-state index contributed by atoms with van der Waals surface area (Å²) in [6.45, 7) is 6.37. The van der Waals surface area contributed by atoms with Gasteiger partial charge in [-0.15, -0.1) is 0 Å². The first-order valence-corrected chi connectivity index (χ1v) is 9.54. The molecule has 164 valence electrons. The Morgan fingerprint density at radius 3 is 2.23 bits per heavy atom. The number of hydrogen-bond donors (Lipinski definition) is 2. The molecule has 0 bridgehead atoms. The highest BCUT2D eigenvalue weighted by molar-refractivity contribution is 5.68. The van der Waals surface area contributed by atoms with Crippen molar-refractivity contribution in [1.29, 1.82) is 0 Å². The van der Waals surface area contributed by atoms with Gasteiger partial charge in [-0.2, -0.15) is 13.2 Å². The van der Waals surface area contributed by atoms with Crippen molar-refractivity contribution in [3.05, 3.63) is 53.6 Å². The van der Waals surface area contributed by atoms with Gasteiger partial charge >= 0.3 is 12.3 Å². The minimum Gasteiger partial charge on any atom is -0.492 e. The molecule has 0 saturated heterocycles. The molecule has 0 aliphatic carbocycles. The summed E-state index contributed by atoms with van der Waals surface area (Å²) >= 11 is 0. The third-order valence-electron chi connectivity index (χ3n) is 3.93. The van der Waals surface area contributed by atoms with Crippen molar-refractivity contribution in [1.82, 2.24) is 10.6 Å². The van der Waals surface area contributed by atoms with Crippen LogP contribution in [0.15, 0.2) is 42.5 Å². The third kappa shape index (κ3) is 7.59. The predicted octanol–water partition coefficient (Wildman–Crippen LogP) is 5.00. The van der Waals surface area contributed by atoms with E-state index >= 15 is 0 Å². The Morgan fingerprint density at radius 2 is 1.67 bits per heavy atom. The second-order valence-corrected chi connectivity index (χ2v) is 7.75. The highest BCUT2D eigenvalue weighted by Crippen LogP contribution is 2.32. The van der Waals surface area contributed by atoms with Gasteiger partial charge in [0, 0.05) is 6.54 Å². The molecule has 2 N–H and O–H groups in total. The lowest BCUT2D eigenvalue weighted by Gasteiger charge is -2.19. The number of amides is 1. The van der Waals surface area contributed by atoms with E-state index in [1.54, 1.807) is 33.9 Å². The fourth-order valence-corrected chi connectivity index (χ4v) is 2.70. The zero-order valence-electron chi connectivity index (χ0n) is 17.5. The zero-order chi connectivity index (χ0) is 22.4. The fraction of sp³-hybridized carbons (Fsp3) is 0.409. The molecule has 0 fully saturated rings. The fourth-order valence-electron chi connectivity index (χ4n) is 2.70. The summed E-state index contributed by atoms with van der Waals surface area (Å²) in [5.41, 5.74) is 1.04. The van der Waals surface area contributed by atoms with Gasteiger partial charge in [0.15, 0.2) is 0 Å². The number of hydrogen-bond acceptors (Lipinski definition) is 4. The minimum absolute atomic E-state index is 0.217. The van der Waals surface area contributed by atoms with Crippen molar-refractivity contribution < 1.29 is 27.4 Å². The van der Waals surface area contributed by atoms with Crippen LogP contribution in [-0.4, -0.2) is 31.9 Å². The second kappa shape index (κ2) is 9.84. The molecule has 0 unspecified atom stereocenters. The summed E-state index contributed by atoms with van der Waals surface area (Å²) in [5, 5.41) is 5.66. The van der Waals surface area contributed by atoms with Crippen LogP contribution in [0.5, 0.6) is 5.75 Å². The van der Waals surface area contributed by atoms with Crippen molar-refractivity contribution in [3.63, 3.8) is 0 Å². The van der Waals surface area contributed by atoms with E-state index in [1.807, 2.05) is 12.1 Å². The van der Waals surface area contributed by atoms with Crippen molar-refractivity contribution in [3.8, 4) is 16.9 Å². The van der Waals surface area contributed by atoms with Gasteiger partial charge in [-0.05, 0) is 74.8 Å². The lowest BCUT2D eigenvalue weighted by Crippen LogP contribution is -2.34. The van der Waals surface area contributed by atoms with Gasteiger partial charge in [-0.25, -0.2) is 4.79 Å². The Bertz CT molecular complexity index is 844. The first-order chi connectivity index (χ1) is 14.0. The van der Waals surface area contributed by atoms with E-state index in [0.717, 1.165) is 23.3 Å². The molecule has 5 nitrogen and oxygen atoms in total. The van der Waals surface area contributed by atoms with Crippen LogP contribution in [0.1, 0.15) is 31.9 Å². The number of ether oxygens (including phenoxy) is 2. The monoisotopic (exact) mass is 424 g/mol. The summed E-state index contributed by atoms with van der Waals surface area (Å²) in [5.74, 6) is 0.559. The van der Waals surface area contributed by atoms with Gasteiger partial charge < -0.3 is 20.1 Å². The molecular formula is C22H27F3N2O3. The topological polar surface area (TPSA) is 59.6 Å². The van der Waals surface area contributed by atoms with Crippen molar-refractivity contribution in [2.45, 2.75) is 39.1 Å².